The minimum atomic E-state index is -4.76. The van der Waals surface area contributed by atoms with Crippen molar-refractivity contribution in [3.8, 4) is 0 Å². The first-order valence-corrected chi connectivity index (χ1v) is 12.6. The Balaban J connectivity index is 1.61. The van der Waals surface area contributed by atoms with Crippen molar-refractivity contribution in [3.63, 3.8) is 0 Å². The van der Waals surface area contributed by atoms with Gasteiger partial charge in [-0.2, -0.15) is 24.5 Å². The Kier molecular flexibility index (Phi) is 6.05. The molecule has 5 N–H and O–H groups in total. The summed E-state index contributed by atoms with van der Waals surface area (Å²) < 4.78 is 8.90. The van der Waals surface area contributed by atoms with Crippen LogP contribution in [0.25, 0.3) is 0 Å². The SMILES string of the molecule is CC1(C)CCCC2C1CCC1C/C(=C\O[P+](O)(O)O[P+](O)(O)O)CC[C@H]12. The van der Waals surface area contributed by atoms with Crippen molar-refractivity contribution in [3.05, 3.63) is 11.8 Å². The molecule has 3 rings (SSSR count). The molecular weight excluding hydrogens is 378 g/mol. The quantitative estimate of drug-likeness (QED) is 0.352. The summed E-state index contributed by atoms with van der Waals surface area (Å²) in [6.07, 6.45) is 10.5. The van der Waals surface area contributed by atoms with Crippen LogP contribution in [0.3, 0.4) is 0 Å². The van der Waals surface area contributed by atoms with E-state index >= 15 is 0 Å². The second-order valence-electron chi connectivity index (χ2n) is 8.86. The van der Waals surface area contributed by atoms with E-state index in [2.05, 4.69) is 18.2 Å². The van der Waals surface area contributed by atoms with Gasteiger partial charge in [-0.15, -0.1) is 0 Å². The van der Waals surface area contributed by atoms with Crippen LogP contribution in [0.15, 0.2) is 11.8 Å². The normalized spacial score (nSPS) is 36.3. The van der Waals surface area contributed by atoms with Gasteiger partial charge in [0.15, 0.2) is 0 Å². The Hall–Kier alpha value is 0.160. The van der Waals surface area contributed by atoms with E-state index < -0.39 is 16.3 Å². The summed E-state index contributed by atoms with van der Waals surface area (Å²) in [6, 6.07) is 0. The molecule has 0 heterocycles. The third kappa shape index (κ3) is 4.95. The molecule has 4 atom stereocenters. The molecule has 0 spiro atoms. The van der Waals surface area contributed by atoms with Crippen LogP contribution in [0.5, 0.6) is 0 Å². The average molecular weight is 410 g/mol. The lowest BCUT2D eigenvalue weighted by Gasteiger charge is -2.54. The summed E-state index contributed by atoms with van der Waals surface area (Å²) in [5.41, 5.74) is 1.42. The van der Waals surface area contributed by atoms with E-state index in [0.717, 1.165) is 42.6 Å². The van der Waals surface area contributed by atoms with E-state index in [1.54, 1.807) is 0 Å². The maximum atomic E-state index is 9.55. The summed E-state index contributed by atoms with van der Waals surface area (Å²) >= 11 is 0. The monoisotopic (exact) mass is 410 g/mol. The van der Waals surface area contributed by atoms with Gasteiger partial charge in [-0.3, -0.25) is 4.52 Å². The third-order valence-electron chi connectivity index (χ3n) is 6.78. The van der Waals surface area contributed by atoms with Crippen molar-refractivity contribution in [2.75, 3.05) is 0 Å². The van der Waals surface area contributed by atoms with Gasteiger partial charge in [-0.05, 0) is 79.6 Å². The van der Waals surface area contributed by atoms with Crippen LogP contribution in [-0.4, -0.2) is 24.5 Å². The molecule has 3 unspecified atom stereocenters. The van der Waals surface area contributed by atoms with E-state index in [4.69, 9.17) is 19.2 Å². The Morgan fingerprint density at radius 1 is 1.00 bits per heavy atom. The predicted molar refractivity (Wildman–Crippen MR) is 99.9 cm³/mol. The highest BCUT2D eigenvalue weighted by Crippen LogP contribution is 2.67. The lowest BCUT2D eigenvalue weighted by atomic mass is 9.51. The maximum Gasteiger partial charge on any atom is 0.663 e. The fourth-order valence-electron chi connectivity index (χ4n) is 5.74. The van der Waals surface area contributed by atoms with Crippen LogP contribution in [0.2, 0.25) is 0 Å². The van der Waals surface area contributed by atoms with Crippen molar-refractivity contribution >= 4 is 16.3 Å². The highest BCUT2D eigenvalue weighted by molar-refractivity contribution is 7.67. The number of fused-ring (bicyclic) bond motifs is 3. The van der Waals surface area contributed by atoms with Gasteiger partial charge in [0.05, 0.1) is 0 Å². The summed E-state index contributed by atoms with van der Waals surface area (Å²) in [6.45, 7) is 4.84. The molecule has 3 saturated carbocycles. The largest absolute Gasteiger partial charge is 0.663 e. The van der Waals surface area contributed by atoms with E-state index in [9.17, 15) is 9.79 Å². The van der Waals surface area contributed by atoms with E-state index in [-0.39, 0.29) is 0 Å². The number of hydrogen-bond donors (Lipinski definition) is 5. The van der Waals surface area contributed by atoms with E-state index in [1.165, 1.54) is 38.4 Å². The number of rotatable bonds is 4. The van der Waals surface area contributed by atoms with Gasteiger partial charge < -0.3 is 0 Å². The zero-order chi connectivity index (χ0) is 19.2. The molecule has 0 radical (unpaired) electrons. The number of hydrogen-bond acceptors (Lipinski definition) is 7. The third-order valence-corrected chi connectivity index (χ3v) is 8.89. The Morgan fingerprint density at radius 2 is 1.73 bits per heavy atom. The standard InChI is InChI=1S/C17H32O7P2/c1-17(2)9-3-4-15-14-7-5-12(10-13(14)6-8-16(15)17)11-23-26(21,22)24-25(18,19)20/h11,13-16,18-22H,3-10H2,1-2H3/q+2/b12-11-/t13?,14-,15?,16?/m1/s1. The first-order valence-electron chi connectivity index (χ1n) is 9.46. The molecule has 0 saturated heterocycles. The lowest BCUT2D eigenvalue weighted by Crippen LogP contribution is -2.45. The van der Waals surface area contributed by atoms with Crippen molar-refractivity contribution in [2.45, 2.75) is 65.2 Å². The smallest absolute Gasteiger partial charge is 0.267 e. The van der Waals surface area contributed by atoms with Gasteiger partial charge >= 0.3 is 16.3 Å². The molecule has 3 fully saturated rings. The Morgan fingerprint density at radius 3 is 2.42 bits per heavy atom. The highest BCUT2D eigenvalue weighted by atomic mass is 31.3. The number of allylic oxidation sites excluding steroid dienone is 1. The van der Waals surface area contributed by atoms with Gasteiger partial charge in [0.1, 0.15) is 10.6 Å². The summed E-state index contributed by atoms with van der Waals surface area (Å²) in [7, 11) is -9.25. The molecule has 0 aromatic rings. The molecule has 0 aromatic carbocycles. The van der Waals surface area contributed by atoms with Gasteiger partial charge in [0, 0.05) is 0 Å². The first-order chi connectivity index (χ1) is 12.0. The van der Waals surface area contributed by atoms with Crippen LogP contribution in [0, 0.1) is 29.1 Å². The molecular formula is C17H32O7P2+2. The molecule has 0 aromatic heterocycles. The maximum absolute atomic E-state index is 9.55. The van der Waals surface area contributed by atoms with Crippen molar-refractivity contribution in [1.29, 1.82) is 0 Å². The zero-order valence-corrected chi connectivity index (χ0v) is 17.3. The minimum Gasteiger partial charge on any atom is -0.267 e. The van der Waals surface area contributed by atoms with E-state index in [1.807, 2.05) is 0 Å². The Bertz CT molecular complexity index is 544. The molecule has 3 aliphatic rings. The molecule has 0 bridgehead atoms. The lowest BCUT2D eigenvalue weighted by molar-refractivity contribution is -0.0325. The predicted octanol–water partition coefficient (Wildman–Crippen LogP) is 3.87. The topological polar surface area (TPSA) is 120 Å². The van der Waals surface area contributed by atoms with Crippen molar-refractivity contribution in [1.82, 2.24) is 0 Å². The Labute approximate surface area is 156 Å². The van der Waals surface area contributed by atoms with Crippen LogP contribution in [-0.2, 0) is 8.83 Å². The van der Waals surface area contributed by atoms with Crippen LogP contribution < -0.4 is 0 Å². The van der Waals surface area contributed by atoms with Crippen molar-refractivity contribution in [2.24, 2.45) is 29.1 Å². The second kappa shape index (κ2) is 7.53. The molecule has 9 heteroatoms. The van der Waals surface area contributed by atoms with E-state index in [0.29, 0.717) is 11.3 Å². The highest BCUT2D eigenvalue weighted by Gasteiger charge is 2.58. The van der Waals surface area contributed by atoms with Crippen LogP contribution in [0.1, 0.15) is 65.2 Å². The fraction of sp³-hybridized carbons (Fsp3) is 0.882. The average Bonchev–Trinajstić information content (AvgIpc) is 2.50. The summed E-state index contributed by atoms with van der Waals surface area (Å²) in [5.74, 6) is 2.95. The molecule has 150 valence electrons. The van der Waals surface area contributed by atoms with Gasteiger partial charge in [-0.25, -0.2) is 0 Å². The molecule has 7 nitrogen and oxygen atoms in total. The molecule has 0 aliphatic heterocycles. The summed E-state index contributed by atoms with van der Waals surface area (Å²) in [5, 5.41) is 0. The van der Waals surface area contributed by atoms with Crippen molar-refractivity contribution < 1.29 is 33.3 Å². The van der Waals surface area contributed by atoms with Gasteiger partial charge in [0.2, 0.25) is 0 Å². The summed E-state index contributed by atoms with van der Waals surface area (Å²) in [4.78, 5) is 45.5. The minimum absolute atomic E-state index is 0.441. The molecule has 3 aliphatic carbocycles. The van der Waals surface area contributed by atoms with Gasteiger partial charge in [0.25, 0.3) is 0 Å². The molecule has 0 amide bonds. The van der Waals surface area contributed by atoms with Gasteiger partial charge in [-0.1, -0.05) is 20.3 Å². The second-order valence-corrected chi connectivity index (χ2v) is 11.7. The van der Waals surface area contributed by atoms with Crippen LogP contribution in [0.4, 0.5) is 0 Å². The fourth-order valence-corrected chi connectivity index (χ4v) is 7.32. The first kappa shape index (κ1) is 20.9. The molecule has 26 heavy (non-hydrogen) atoms. The van der Waals surface area contributed by atoms with Crippen LogP contribution >= 0.6 is 16.3 Å². The zero-order valence-electron chi connectivity index (χ0n) is 15.5.